The third kappa shape index (κ3) is 4.43. The predicted molar refractivity (Wildman–Crippen MR) is 46.3 cm³/mol. The Labute approximate surface area is 67.7 Å². The van der Waals surface area contributed by atoms with Crippen LogP contribution in [0.2, 0.25) is 0 Å². The van der Waals surface area contributed by atoms with Crippen molar-refractivity contribution in [2.75, 3.05) is 0 Å². The highest BCUT2D eigenvalue weighted by Gasteiger charge is 1.87. The summed E-state index contributed by atoms with van der Waals surface area (Å²) in [6.45, 7) is 0. The highest BCUT2D eigenvalue weighted by atomic mass is 16.3. The van der Waals surface area contributed by atoms with Gasteiger partial charge in [-0.2, -0.15) is 0 Å². The van der Waals surface area contributed by atoms with Gasteiger partial charge in [-0.15, -0.1) is 0 Å². The highest BCUT2D eigenvalue weighted by molar-refractivity contribution is 4.85. The molecule has 0 radical (unpaired) electrons. The Kier molecular flexibility index (Phi) is 4.27. The van der Waals surface area contributed by atoms with Gasteiger partial charge in [0, 0.05) is 0 Å². The van der Waals surface area contributed by atoms with Crippen molar-refractivity contribution < 1.29 is 4.42 Å². The van der Waals surface area contributed by atoms with Gasteiger partial charge < -0.3 is 4.42 Å². The van der Waals surface area contributed by atoms with Gasteiger partial charge in [0.05, 0.1) is 12.5 Å². The molecule has 11 heavy (non-hydrogen) atoms. The van der Waals surface area contributed by atoms with Crippen molar-refractivity contribution in [2.24, 2.45) is 0 Å². The molecule has 1 aromatic rings. The van der Waals surface area contributed by atoms with Gasteiger partial charge in [-0.1, -0.05) is 12.2 Å². The first kappa shape index (κ1) is 8.12. The fourth-order valence-corrected chi connectivity index (χ4v) is 0.987. The average Bonchev–Trinajstić information content (AvgIpc) is 2.64. The molecule has 0 fully saturated rings. The minimum absolute atomic E-state index is 1.32. The lowest BCUT2D eigenvalue weighted by Crippen LogP contribution is -1.77. The smallest absolute Gasteiger partial charge is 0.0902 e. The first-order valence-electron chi connectivity index (χ1n) is 4.12. The number of allylic oxidation sites excluding steroid dienone is 2. The van der Waals surface area contributed by atoms with Gasteiger partial charge >= 0.3 is 0 Å². The van der Waals surface area contributed by atoms with Crippen LogP contribution in [0, 0.1) is 0 Å². The van der Waals surface area contributed by atoms with E-state index in [1.807, 2.05) is 12.1 Å². The second kappa shape index (κ2) is 5.78. The minimum Gasteiger partial charge on any atom is -0.473 e. The Morgan fingerprint density at radius 2 is 1.36 bits per heavy atom. The summed E-state index contributed by atoms with van der Waals surface area (Å²) in [7, 11) is 0. The summed E-state index contributed by atoms with van der Waals surface area (Å²) in [5.74, 6) is 0. The van der Waals surface area contributed by atoms with Gasteiger partial charge in [0.25, 0.3) is 0 Å². The van der Waals surface area contributed by atoms with Gasteiger partial charge in [0.2, 0.25) is 0 Å². The molecule has 0 saturated carbocycles. The van der Waals surface area contributed by atoms with Crippen molar-refractivity contribution in [3.63, 3.8) is 0 Å². The van der Waals surface area contributed by atoms with E-state index in [-0.39, 0.29) is 0 Å². The summed E-state index contributed by atoms with van der Waals surface area (Å²) in [6.07, 6.45) is 13.2. The molecular weight excluding hydrogens is 136 g/mol. The molecule has 0 spiro atoms. The first-order chi connectivity index (χ1) is 5.50. The third-order valence-corrected chi connectivity index (χ3v) is 1.58. The molecule has 0 saturated heterocycles. The van der Waals surface area contributed by atoms with Crippen LogP contribution in [0.4, 0.5) is 0 Å². The molecule has 0 atom stereocenters. The summed E-state index contributed by atoms with van der Waals surface area (Å²) >= 11 is 0. The van der Waals surface area contributed by atoms with E-state index in [1.165, 1.54) is 25.7 Å². The number of hydrogen-bond acceptors (Lipinski definition) is 1. The normalized spacial score (nSPS) is 15.3. The largest absolute Gasteiger partial charge is 0.473 e. The standard InChI is InChI=1S/C6H10.C4H4O/c1-2-4-6-5-3-1;1-2-4-5-3-1/h1-2H,3-6H2;1-4H. The Morgan fingerprint density at radius 3 is 1.55 bits per heavy atom. The summed E-state index contributed by atoms with van der Waals surface area (Å²) in [4.78, 5) is 0. The molecule has 1 nitrogen and oxygen atoms in total. The monoisotopic (exact) mass is 150 g/mol. The SMILES string of the molecule is C1=CCCCC1.c1ccoc1. The van der Waals surface area contributed by atoms with Crippen LogP contribution in [-0.2, 0) is 0 Å². The van der Waals surface area contributed by atoms with Crippen molar-refractivity contribution in [3.8, 4) is 0 Å². The third-order valence-electron chi connectivity index (χ3n) is 1.58. The van der Waals surface area contributed by atoms with E-state index in [1.54, 1.807) is 12.5 Å². The highest BCUT2D eigenvalue weighted by Crippen LogP contribution is 2.07. The topological polar surface area (TPSA) is 13.1 Å². The van der Waals surface area contributed by atoms with Gasteiger partial charge in [0.1, 0.15) is 0 Å². The van der Waals surface area contributed by atoms with Crippen LogP contribution in [0.5, 0.6) is 0 Å². The summed E-state index contributed by atoms with van der Waals surface area (Å²) < 4.78 is 4.58. The van der Waals surface area contributed by atoms with Crippen molar-refractivity contribution in [1.29, 1.82) is 0 Å². The quantitative estimate of drug-likeness (QED) is 0.516. The molecule has 0 amide bonds. The van der Waals surface area contributed by atoms with Crippen LogP contribution >= 0.6 is 0 Å². The summed E-state index contributed by atoms with van der Waals surface area (Å²) in [5, 5.41) is 0. The van der Waals surface area contributed by atoms with E-state index in [2.05, 4.69) is 16.6 Å². The maximum Gasteiger partial charge on any atom is 0.0902 e. The minimum atomic E-state index is 1.32. The van der Waals surface area contributed by atoms with Crippen molar-refractivity contribution >= 4 is 0 Å². The van der Waals surface area contributed by atoms with Crippen LogP contribution < -0.4 is 0 Å². The van der Waals surface area contributed by atoms with Crippen LogP contribution in [0.25, 0.3) is 0 Å². The lowest BCUT2D eigenvalue weighted by atomic mass is 10.1. The van der Waals surface area contributed by atoms with Crippen molar-refractivity contribution in [3.05, 3.63) is 36.8 Å². The van der Waals surface area contributed by atoms with E-state index in [4.69, 9.17) is 0 Å². The van der Waals surface area contributed by atoms with Crippen LogP contribution in [0.15, 0.2) is 41.2 Å². The zero-order chi connectivity index (χ0) is 7.78. The molecular formula is C10H14O. The molecule has 60 valence electrons. The Bertz CT molecular complexity index is 150. The second-order valence-corrected chi connectivity index (χ2v) is 2.55. The molecule has 0 bridgehead atoms. The molecule has 2 rings (SSSR count). The Morgan fingerprint density at radius 1 is 0.818 bits per heavy atom. The van der Waals surface area contributed by atoms with E-state index < -0.39 is 0 Å². The van der Waals surface area contributed by atoms with E-state index in [0.29, 0.717) is 0 Å². The van der Waals surface area contributed by atoms with Crippen LogP contribution in [0.3, 0.4) is 0 Å². The number of furan rings is 1. The van der Waals surface area contributed by atoms with Gasteiger partial charge in [-0.25, -0.2) is 0 Å². The van der Waals surface area contributed by atoms with Crippen LogP contribution in [-0.4, -0.2) is 0 Å². The predicted octanol–water partition coefficient (Wildman–Crippen LogP) is 3.40. The first-order valence-corrected chi connectivity index (χ1v) is 4.12. The molecule has 0 N–H and O–H groups in total. The fourth-order valence-electron chi connectivity index (χ4n) is 0.987. The average molecular weight is 150 g/mol. The van der Waals surface area contributed by atoms with Gasteiger partial charge in [-0.05, 0) is 37.8 Å². The lowest BCUT2D eigenvalue weighted by Gasteiger charge is -1.97. The summed E-state index contributed by atoms with van der Waals surface area (Å²) in [5.41, 5.74) is 0. The van der Waals surface area contributed by atoms with Crippen molar-refractivity contribution in [2.45, 2.75) is 25.7 Å². The molecule has 0 aliphatic heterocycles. The number of hydrogen-bond donors (Lipinski definition) is 0. The Hall–Kier alpha value is -0.980. The zero-order valence-corrected chi connectivity index (χ0v) is 6.70. The number of rotatable bonds is 0. The molecule has 1 heterocycles. The fraction of sp³-hybridized carbons (Fsp3) is 0.400. The molecule has 0 unspecified atom stereocenters. The molecule has 1 aromatic heterocycles. The van der Waals surface area contributed by atoms with Crippen LogP contribution in [0.1, 0.15) is 25.7 Å². The van der Waals surface area contributed by atoms with Crippen molar-refractivity contribution in [1.82, 2.24) is 0 Å². The van der Waals surface area contributed by atoms with E-state index in [9.17, 15) is 0 Å². The molecule has 1 aliphatic rings. The zero-order valence-electron chi connectivity index (χ0n) is 6.70. The molecule has 1 heteroatoms. The van der Waals surface area contributed by atoms with Gasteiger partial charge in [0.15, 0.2) is 0 Å². The molecule has 1 aliphatic carbocycles. The second-order valence-electron chi connectivity index (χ2n) is 2.55. The summed E-state index contributed by atoms with van der Waals surface area (Å²) in [6, 6.07) is 3.67. The Balaban J connectivity index is 0.000000112. The molecule has 0 aromatic carbocycles. The lowest BCUT2D eigenvalue weighted by molar-refractivity contribution is 0.567. The maximum atomic E-state index is 4.58. The van der Waals surface area contributed by atoms with E-state index in [0.717, 1.165) is 0 Å². The van der Waals surface area contributed by atoms with E-state index >= 15 is 0 Å². The van der Waals surface area contributed by atoms with Gasteiger partial charge in [-0.3, -0.25) is 0 Å². The maximum absolute atomic E-state index is 4.58.